The topological polar surface area (TPSA) is 52.9 Å². The van der Waals surface area contributed by atoms with Crippen molar-refractivity contribution < 1.29 is 4.79 Å². The molecule has 1 aliphatic rings. The quantitative estimate of drug-likeness (QED) is 0.919. The molecule has 2 rings (SSSR count). The lowest BCUT2D eigenvalue weighted by Gasteiger charge is -2.26. The summed E-state index contributed by atoms with van der Waals surface area (Å²) in [4.78, 5) is 12.2. The lowest BCUT2D eigenvalue weighted by Crippen LogP contribution is -2.40. The SMILES string of the molecule is Cc1cc(C(=O)NC(C#N)C2CCCCC2)ccc1Cl. The lowest BCUT2D eigenvalue weighted by molar-refractivity contribution is 0.0929. The summed E-state index contributed by atoms with van der Waals surface area (Å²) in [5.41, 5.74) is 1.42. The van der Waals surface area contributed by atoms with E-state index in [2.05, 4.69) is 11.4 Å². The monoisotopic (exact) mass is 290 g/mol. The number of nitriles is 1. The highest BCUT2D eigenvalue weighted by Crippen LogP contribution is 2.26. The molecule has 1 unspecified atom stereocenters. The molecule has 1 amide bonds. The van der Waals surface area contributed by atoms with Crippen molar-refractivity contribution in [3.63, 3.8) is 0 Å². The molecule has 106 valence electrons. The van der Waals surface area contributed by atoms with Crippen LogP contribution in [0.3, 0.4) is 0 Å². The van der Waals surface area contributed by atoms with Gasteiger partial charge < -0.3 is 5.32 Å². The summed E-state index contributed by atoms with van der Waals surface area (Å²) in [7, 11) is 0. The first-order valence-corrected chi connectivity index (χ1v) is 7.46. The summed E-state index contributed by atoms with van der Waals surface area (Å²) >= 11 is 5.96. The predicted octanol–water partition coefficient (Wildman–Crippen LogP) is 3.85. The summed E-state index contributed by atoms with van der Waals surface area (Å²) in [6.07, 6.45) is 5.59. The van der Waals surface area contributed by atoms with E-state index in [0.29, 0.717) is 10.6 Å². The molecule has 0 aromatic heterocycles. The summed E-state index contributed by atoms with van der Waals surface area (Å²) in [6, 6.07) is 7.02. The van der Waals surface area contributed by atoms with Gasteiger partial charge in [-0.3, -0.25) is 4.79 Å². The first-order valence-electron chi connectivity index (χ1n) is 7.08. The zero-order valence-corrected chi connectivity index (χ0v) is 12.4. The van der Waals surface area contributed by atoms with Crippen molar-refractivity contribution in [3.05, 3.63) is 34.3 Å². The summed E-state index contributed by atoms with van der Waals surface area (Å²) in [6.45, 7) is 1.86. The standard InChI is InChI=1S/C16H19ClN2O/c1-11-9-13(7-8-14(11)17)16(20)19-15(10-18)12-5-3-2-4-6-12/h7-9,12,15H,2-6H2,1H3,(H,19,20). The molecular weight excluding hydrogens is 272 g/mol. The van der Waals surface area contributed by atoms with Crippen molar-refractivity contribution in [1.29, 1.82) is 5.26 Å². The molecule has 1 atom stereocenters. The predicted molar refractivity (Wildman–Crippen MR) is 79.6 cm³/mol. The van der Waals surface area contributed by atoms with Gasteiger partial charge in [-0.25, -0.2) is 0 Å². The van der Waals surface area contributed by atoms with Crippen LogP contribution in [-0.4, -0.2) is 11.9 Å². The van der Waals surface area contributed by atoms with Crippen LogP contribution >= 0.6 is 11.6 Å². The fourth-order valence-corrected chi connectivity index (χ4v) is 2.85. The highest BCUT2D eigenvalue weighted by Gasteiger charge is 2.25. The van der Waals surface area contributed by atoms with Gasteiger partial charge in [-0.05, 0) is 49.4 Å². The van der Waals surface area contributed by atoms with E-state index in [0.717, 1.165) is 31.2 Å². The van der Waals surface area contributed by atoms with Crippen LogP contribution in [0.2, 0.25) is 5.02 Å². The minimum atomic E-state index is -0.390. The average Bonchev–Trinajstić information content (AvgIpc) is 2.48. The van der Waals surface area contributed by atoms with E-state index in [9.17, 15) is 10.1 Å². The third-order valence-corrected chi connectivity index (χ3v) is 4.39. The van der Waals surface area contributed by atoms with Crippen LogP contribution in [0.5, 0.6) is 0 Å². The zero-order chi connectivity index (χ0) is 14.5. The maximum Gasteiger partial charge on any atom is 0.252 e. The maximum absolute atomic E-state index is 12.2. The third-order valence-electron chi connectivity index (χ3n) is 3.97. The number of nitrogens with zero attached hydrogens (tertiary/aromatic N) is 1. The molecule has 0 heterocycles. The van der Waals surface area contributed by atoms with E-state index in [1.165, 1.54) is 6.42 Å². The average molecular weight is 291 g/mol. The Morgan fingerprint density at radius 1 is 1.40 bits per heavy atom. The van der Waals surface area contributed by atoms with E-state index >= 15 is 0 Å². The van der Waals surface area contributed by atoms with E-state index in [4.69, 9.17) is 11.6 Å². The molecule has 0 saturated heterocycles. The molecule has 0 spiro atoms. The number of nitrogens with one attached hydrogen (secondary N) is 1. The number of hydrogen-bond acceptors (Lipinski definition) is 2. The van der Waals surface area contributed by atoms with E-state index in [-0.39, 0.29) is 11.8 Å². The molecular formula is C16H19ClN2O. The van der Waals surface area contributed by atoms with Crippen molar-refractivity contribution in [2.45, 2.75) is 45.1 Å². The number of rotatable bonds is 3. The summed E-state index contributed by atoms with van der Waals surface area (Å²) < 4.78 is 0. The van der Waals surface area contributed by atoms with Crippen molar-refractivity contribution in [2.24, 2.45) is 5.92 Å². The molecule has 20 heavy (non-hydrogen) atoms. The Kier molecular flexibility index (Phi) is 5.03. The van der Waals surface area contributed by atoms with Crippen LogP contribution in [0.1, 0.15) is 48.0 Å². The van der Waals surface area contributed by atoms with Gasteiger partial charge in [0.2, 0.25) is 0 Å². The minimum Gasteiger partial charge on any atom is -0.336 e. The largest absolute Gasteiger partial charge is 0.336 e. The normalized spacial score (nSPS) is 17.2. The fraction of sp³-hybridized carbons (Fsp3) is 0.500. The van der Waals surface area contributed by atoms with Gasteiger partial charge >= 0.3 is 0 Å². The molecule has 1 aliphatic carbocycles. The second kappa shape index (κ2) is 6.76. The third kappa shape index (κ3) is 3.52. The van der Waals surface area contributed by atoms with Gasteiger partial charge in [0.15, 0.2) is 0 Å². The molecule has 1 N–H and O–H groups in total. The van der Waals surface area contributed by atoms with E-state index in [1.54, 1.807) is 18.2 Å². The summed E-state index contributed by atoms with van der Waals surface area (Å²) in [5, 5.41) is 12.8. The molecule has 1 aromatic rings. The van der Waals surface area contributed by atoms with Crippen molar-refractivity contribution in [2.75, 3.05) is 0 Å². The van der Waals surface area contributed by atoms with Gasteiger partial charge in [-0.15, -0.1) is 0 Å². The molecule has 1 saturated carbocycles. The van der Waals surface area contributed by atoms with Crippen molar-refractivity contribution in [3.8, 4) is 6.07 Å². The molecule has 1 aromatic carbocycles. The molecule has 4 heteroatoms. The highest BCUT2D eigenvalue weighted by molar-refractivity contribution is 6.31. The number of hydrogen-bond donors (Lipinski definition) is 1. The second-order valence-corrected chi connectivity index (χ2v) is 5.85. The number of amides is 1. The zero-order valence-electron chi connectivity index (χ0n) is 11.7. The lowest BCUT2D eigenvalue weighted by atomic mass is 9.84. The van der Waals surface area contributed by atoms with Gasteiger partial charge in [0.05, 0.1) is 6.07 Å². The van der Waals surface area contributed by atoms with Gasteiger partial charge in [0.1, 0.15) is 6.04 Å². The number of aryl methyl sites for hydroxylation is 1. The molecule has 0 radical (unpaired) electrons. The first kappa shape index (κ1) is 14.9. The molecule has 3 nitrogen and oxygen atoms in total. The highest BCUT2D eigenvalue weighted by atomic mass is 35.5. The number of halogens is 1. The van der Waals surface area contributed by atoms with Crippen LogP contribution < -0.4 is 5.32 Å². The number of carbonyl (C=O) groups excluding carboxylic acids is 1. The second-order valence-electron chi connectivity index (χ2n) is 5.44. The Morgan fingerprint density at radius 2 is 2.10 bits per heavy atom. The summed E-state index contributed by atoms with van der Waals surface area (Å²) in [5.74, 6) is 0.0907. The molecule has 0 bridgehead atoms. The first-order chi connectivity index (χ1) is 9.61. The Hall–Kier alpha value is -1.53. The Labute approximate surface area is 124 Å². The Bertz CT molecular complexity index is 530. The van der Waals surface area contributed by atoms with Crippen LogP contribution in [0.4, 0.5) is 0 Å². The van der Waals surface area contributed by atoms with Crippen molar-refractivity contribution in [1.82, 2.24) is 5.32 Å². The minimum absolute atomic E-state index is 0.193. The molecule has 0 aliphatic heterocycles. The fourth-order valence-electron chi connectivity index (χ4n) is 2.73. The van der Waals surface area contributed by atoms with Crippen LogP contribution in [0.15, 0.2) is 18.2 Å². The van der Waals surface area contributed by atoms with Crippen molar-refractivity contribution >= 4 is 17.5 Å². The Balaban J connectivity index is 2.05. The van der Waals surface area contributed by atoms with E-state index in [1.807, 2.05) is 6.92 Å². The number of benzene rings is 1. The number of carbonyl (C=O) groups is 1. The Morgan fingerprint density at radius 3 is 2.70 bits per heavy atom. The van der Waals surface area contributed by atoms with E-state index < -0.39 is 6.04 Å². The smallest absolute Gasteiger partial charge is 0.252 e. The van der Waals surface area contributed by atoms with Gasteiger partial charge in [-0.2, -0.15) is 5.26 Å². The van der Waals surface area contributed by atoms with Crippen LogP contribution in [-0.2, 0) is 0 Å². The van der Waals surface area contributed by atoms with Gasteiger partial charge in [-0.1, -0.05) is 30.9 Å². The van der Waals surface area contributed by atoms with Gasteiger partial charge in [0, 0.05) is 10.6 Å². The maximum atomic E-state index is 12.2. The van der Waals surface area contributed by atoms with Crippen LogP contribution in [0.25, 0.3) is 0 Å². The van der Waals surface area contributed by atoms with Crippen LogP contribution in [0, 0.1) is 24.2 Å². The van der Waals surface area contributed by atoms with Gasteiger partial charge in [0.25, 0.3) is 5.91 Å². The molecule has 1 fully saturated rings.